The van der Waals surface area contributed by atoms with Crippen LogP contribution in [0.3, 0.4) is 0 Å². The average Bonchev–Trinajstić information content (AvgIpc) is 2.99. The number of aromatic nitrogens is 1. The largest absolute Gasteiger partial charge is 1.00 e. The molecular weight excluding hydrogens is 509 g/mol. The van der Waals surface area contributed by atoms with Crippen LogP contribution in [0.5, 0.6) is 0 Å². The van der Waals surface area contributed by atoms with Crippen molar-refractivity contribution in [2.75, 3.05) is 0 Å². The van der Waals surface area contributed by atoms with Crippen LogP contribution in [-0.4, -0.2) is 11.7 Å². The van der Waals surface area contributed by atoms with E-state index in [1.807, 2.05) is 12.3 Å². The van der Waals surface area contributed by atoms with Crippen LogP contribution in [0.2, 0.25) is 12.1 Å². The first kappa shape index (κ1) is 23.7. The van der Waals surface area contributed by atoms with Crippen molar-refractivity contribution in [1.29, 1.82) is 0 Å². The molecule has 1 atom stereocenters. The second kappa shape index (κ2) is 9.47. The fourth-order valence-electron chi connectivity index (χ4n) is 4.13. The van der Waals surface area contributed by atoms with Crippen molar-refractivity contribution >= 4 is 38.1 Å². The van der Waals surface area contributed by atoms with Gasteiger partial charge in [0.2, 0.25) is 0 Å². The summed E-state index contributed by atoms with van der Waals surface area (Å²) in [5, 5.41) is 2.76. The van der Waals surface area contributed by atoms with Crippen molar-refractivity contribution in [3.63, 3.8) is 0 Å². The normalized spacial score (nSPS) is 15.7. The quantitative estimate of drug-likeness (QED) is 0.355. The van der Waals surface area contributed by atoms with E-state index < -0.39 is 6.69 Å². The summed E-state index contributed by atoms with van der Waals surface area (Å²) in [6.07, 6.45) is 1.90. The molecule has 2 aromatic carbocycles. The number of hydrogen-bond donors (Lipinski definition) is 0. The fraction of sp³-hybridized carbons (Fsp3) is 0.227. The first-order chi connectivity index (χ1) is 12.6. The summed E-state index contributed by atoms with van der Waals surface area (Å²) in [5.74, 6) is 0.252. The molecule has 0 fully saturated rings. The molecule has 1 nitrogen and oxygen atoms in total. The van der Waals surface area contributed by atoms with E-state index in [1.54, 1.807) is 5.20 Å². The Kier molecular flexibility index (Phi) is 8.01. The van der Waals surface area contributed by atoms with Gasteiger partial charge in [-0.2, -0.15) is 0 Å². The predicted octanol–water partition coefficient (Wildman–Crippen LogP) is 0.566. The van der Waals surface area contributed by atoms with Gasteiger partial charge in [-0.05, 0) is 0 Å². The molecule has 0 aliphatic heterocycles. The minimum absolute atomic E-state index is 0. The number of pyridine rings is 1. The van der Waals surface area contributed by atoms with Crippen molar-refractivity contribution < 1.29 is 41.1 Å². The van der Waals surface area contributed by atoms with Crippen LogP contribution in [0.25, 0.3) is 16.1 Å². The summed E-state index contributed by atoms with van der Waals surface area (Å²) in [4.78, 5) is 4.72. The van der Waals surface area contributed by atoms with Gasteiger partial charge in [-0.3, -0.25) is 0 Å². The minimum Gasteiger partial charge on any atom is -1.00 e. The van der Waals surface area contributed by atoms with Gasteiger partial charge in [0.15, 0.2) is 0 Å². The third-order valence-electron chi connectivity index (χ3n) is 5.59. The predicted molar refractivity (Wildman–Crippen MR) is 113 cm³/mol. The average molecular weight is 530 g/mol. The van der Waals surface area contributed by atoms with Gasteiger partial charge in [-0.25, -0.2) is 0 Å². The van der Waals surface area contributed by atoms with Gasteiger partial charge in [-0.1, -0.05) is 0 Å². The van der Waals surface area contributed by atoms with Gasteiger partial charge in [0.1, 0.15) is 0 Å². The third-order valence-corrected chi connectivity index (χ3v) is 14.8. The Bertz CT molecular complexity index is 1010. The van der Waals surface area contributed by atoms with E-state index in [2.05, 4.69) is 94.0 Å². The van der Waals surface area contributed by atoms with E-state index >= 15 is 0 Å². The summed E-state index contributed by atoms with van der Waals surface area (Å²) < 4.78 is 1.39. The number of fused-ring (bicyclic) bond motifs is 2. The molecule has 0 saturated heterocycles. The zero-order chi connectivity index (χ0) is 18.3. The van der Waals surface area contributed by atoms with E-state index in [9.17, 15) is 0 Å². The first-order valence-corrected chi connectivity index (χ1v) is 14.4. The Balaban J connectivity index is 0.00000140. The summed E-state index contributed by atoms with van der Waals surface area (Å²) in [7, 11) is 0. The zero-order valence-corrected chi connectivity index (χ0v) is 21.1. The summed E-state index contributed by atoms with van der Waals surface area (Å²) >= 11 is 7.70. The molecule has 28 heavy (non-hydrogen) atoms. The first-order valence-electron chi connectivity index (χ1n) is 9.14. The summed E-state index contributed by atoms with van der Waals surface area (Å²) in [5.41, 5.74) is 5.24. The Morgan fingerprint density at radius 1 is 0.929 bits per heavy atom. The van der Waals surface area contributed by atoms with Crippen molar-refractivity contribution in [2.45, 2.75) is 31.9 Å². The molecule has 1 aromatic heterocycles. The van der Waals surface area contributed by atoms with Crippen LogP contribution in [0, 0.1) is 0 Å². The van der Waals surface area contributed by atoms with E-state index in [1.165, 1.54) is 38.6 Å². The maximum Gasteiger partial charge on any atom is -1.00 e. The van der Waals surface area contributed by atoms with Crippen molar-refractivity contribution in [1.82, 2.24) is 4.98 Å². The van der Waals surface area contributed by atoms with Crippen LogP contribution < -0.4 is 24.8 Å². The molecule has 0 saturated carbocycles. The Morgan fingerprint density at radius 3 is 2.29 bits per heavy atom. The number of rotatable bonds is 4. The van der Waals surface area contributed by atoms with E-state index in [-0.39, 0.29) is 30.7 Å². The second-order valence-electron chi connectivity index (χ2n) is 6.85. The topological polar surface area (TPSA) is 12.9 Å². The summed E-state index contributed by atoms with van der Waals surface area (Å²) in [6, 6.07) is 22.0. The molecule has 0 bridgehead atoms. The van der Waals surface area contributed by atoms with Crippen molar-refractivity contribution in [3.05, 3.63) is 81.9 Å². The van der Waals surface area contributed by atoms with Gasteiger partial charge in [0.25, 0.3) is 0 Å². The van der Waals surface area contributed by atoms with Crippen LogP contribution in [-0.2, 0) is 16.3 Å². The van der Waals surface area contributed by atoms with Crippen LogP contribution >= 0.6 is 15.3 Å². The van der Waals surface area contributed by atoms with Crippen LogP contribution in [0.1, 0.15) is 36.5 Å². The van der Waals surface area contributed by atoms with E-state index in [0.717, 1.165) is 5.52 Å². The number of benzene rings is 2. The van der Waals surface area contributed by atoms with Gasteiger partial charge in [0, 0.05) is 0 Å². The molecule has 0 spiro atoms. The van der Waals surface area contributed by atoms with Crippen molar-refractivity contribution in [3.8, 4) is 0 Å². The molecule has 4 rings (SSSR count). The number of para-hydroxylation sites is 1. The van der Waals surface area contributed by atoms with Gasteiger partial charge >= 0.3 is 173 Å². The van der Waals surface area contributed by atoms with Crippen molar-refractivity contribution in [2.24, 2.45) is 0 Å². The minimum atomic E-state index is -1.68. The molecule has 6 heteroatoms. The van der Waals surface area contributed by atoms with Crippen LogP contribution in [0.15, 0.2) is 65.2 Å². The number of halogens is 3. The number of hydrogen-bond acceptors (Lipinski definition) is 1. The molecule has 0 radical (unpaired) electrons. The molecular formula is C22H21BrCl2CrNSi. The third kappa shape index (κ3) is 3.76. The Morgan fingerprint density at radius 2 is 1.57 bits per heavy atom. The molecule has 0 N–H and O–H groups in total. The molecule has 145 valence electrons. The standard InChI is InChI=1S/C22H21BrNSi.2ClH.Cr/c1-3-25(23,4-2)21-15-20(17-11-5-6-12-18(17)21)19-13-7-9-16-10-8-14-24-22(16)19;;;/h5-14,20H,3-4H2,1-2H3;2*1H;/q;;;+2/p-2. The fourth-order valence-corrected chi connectivity index (χ4v) is 10.0. The number of nitrogens with zero attached hydrogens (tertiary/aromatic N) is 1. The molecule has 1 aliphatic rings. The maximum absolute atomic E-state index is 4.72. The molecule has 1 aliphatic carbocycles. The summed E-state index contributed by atoms with van der Waals surface area (Å²) in [6.45, 7) is 2.96. The van der Waals surface area contributed by atoms with Gasteiger partial charge < -0.3 is 24.8 Å². The molecule has 1 unspecified atom stereocenters. The van der Waals surface area contributed by atoms with E-state index in [4.69, 9.17) is 4.98 Å². The smallest absolute Gasteiger partial charge is 1.00 e. The van der Waals surface area contributed by atoms with Crippen LogP contribution in [0.4, 0.5) is 0 Å². The monoisotopic (exact) mass is 528 g/mol. The molecule has 1 heterocycles. The van der Waals surface area contributed by atoms with Gasteiger partial charge in [-0.15, -0.1) is 0 Å². The maximum atomic E-state index is 4.72. The zero-order valence-electron chi connectivity index (χ0n) is 15.8. The molecule has 0 amide bonds. The molecule has 3 aromatic rings. The SMILES string of the molecule is CC[Si](Br)(CC)C1=[C]([Cr+2])C(c2cccc3cccnc23)c2ccccc21.[Cl-].[Cl-]. The Hall–Kier alpha value is -0.601. The number of allylic oxidation sites excluding steroid dienone is 1. The Labute approximate surface area is 196 Å². The van der Waals surface area contributed by atoms with E-state index in [0.29, 0.717) is 0 Å². The second-order valence-corrected chi connectivity index (χ2v) is 15.9. The van der Waals surface area contributed by atoms with Gasteiger partial charge in [0.05, 0.1) is 0 Å².